The number of aliphatic hydroxyl groups excluding tert-OH is 7. The van der Waals surface area contributed by atoms with E-state index in [1.165, 1.54) is 0 Å². The van der Waals surface area contributed by atoms with Crippen LogP contribution in [-0.2, 0) is 52.2 Å². The highest BCUT2D eigenvalue weighted by Gasteiger charge is 2.61. The molecule has 5 aliphatic rings. The van der Waals surface area contributed by atoms with Crippen LogP contribution >= 0.6 is 0 Å². The predicted octanol–water partition coefficient (Wildman–Crippen LogP) is 1.58. The monoisotopic (exact) mass is 864 g/mol. The van der Waals surface area contributed by atoms with Crippen molar-refractivity contribution in [2.75, 3.05) is 19.8 Å². The number of esters is 1. The molecule has 5 saturated heterocycles. The summed E-state index contributed by atoms with van der Waals surface area (Å²) < 4.78 is 58.8. The number of hydrogen-bond acceptors (Lipinski definition) is 18. The van der Waals surface area contributed by atoms with Crippen molar-refractivity contribution in [2.45, 2.75) is 228 Å². The largest absolute Gasteiger partial charge is 0.463 e. The molecule has 0 saturated carbocycles. The average Bonchev–Trinajstić information content (AvgIpc) is 3.71. The molecule has 0 aromatic carbocycles. The lowest BCUT2D eigenvalue weighted by molar-refractivity contribution is -0.371. The number of ether oxygens (including phenoxy) is 10. The van der Waals surface area contributed by atoms with Crippen molar-refractivity contribution in [3.05, 3.63) is 12.2 Å². The Labute approximate surface area is 353 Å². The molecule has 0 aliphatic carbocycles. The third-order valence-electron chi connectivity index (χ3n) is 11.6. The van der Waals surface area contributed by atoms with Crippen LogP contribution in [-0.4, -0.2) is 171 Å². The summed E-state index contributed by atoms with van der Waals surface area (Å²) in [6.07, 6.45) is -1.09. The molecule has 16 atom stereocenters. The first-order valence-corrected chi connectivity index (χ1v) is 22.0. The molecule has 1 unspecified atom stereocenters. The maximum absolute atomic E-state index is 12.5. The Morgan fingerprint density at radius 1 is 0.617 bits per heavy atom. The van der Waals surface area contributed by atoms with Crippen LogP contribution in [0.2, 0.25) is 0 Å². The Balaban J connectivity index is 0.876. The van der Waals surface area contributed by atoms with Gasteiger partial charge in [-0.15, -0.1) is 0 Å². The number of unbranched alkanes of at least 4 members (excludes halogenated alkanes) is 9. The number of carbonyl (C=O) groups excluding carboxylic acids is 1. The minimum absolute atomic E-state index is 0.0633. The van der Waals surface area contributed by atoms with E-state index in [0.29, 0.717) is 12.8 Å². The van der Waals surface area contributed by atoms with E-state index >= 15 is 0 Å². The minimum atomic E-state index is -1.73. The molecule has 60 heavy (non-hydrogen) atoms. The van der Waals surface area contributed by atoms with Gasteiger partial charge in [-0.05, 0) is 73.1 Å². The average molecular weight is 865 g/mol. The molecule has 5 heterocycles. The van der Waals surface area contributed by atoms with Gasteiger partial charge in [0.25, 0.3) is 0 Å². The molecule has 5 rings (SSSR count). The van der Waals surface area contributed by atoms with Crippen LogP contribution in [0.5, 0.6) is 0 Å². The van der Waals surface area contributed by atoms with E-state index in [0.717, 1.165) is 70.6 Å². The van der Waals surface area contributed by atoms with E-state index in [1.54, 1.807) is 0 Å². The van der Waals surface area contributed by atoms with Crippen molar-refractivity contribution < 1.29 is 87.9 Å². The molecule has 18 heteroatoms. The Bertz CT molecular complexity index is 1320. The van der Waals surface area contributed by atoms with Crippen molar-refractivity contribution in [2.24, 2.45) is 0 Å². The van der Waals surface area contributed by atoms with Gasteiger partial charge in [-0.2, -0.15) is 0 Å². The molecule has 5 aliphatic heterocycles. The summed E-state index contributed by atoms with van der Waals surface area (Å²) in [5.74, 6) is -1.87. The predicted molar refractivity (Wildman–Crippen MR) is 210 cm³/mol. The van der Waals surface area contributed by atoms with Crippen LogP contribution in [0.3, 0.4) is 0 Å². The van der Waals surface area contributed by atoms with Crippen molar-refractivity contribution >= 4 is 5.97 Å². The van der Waals surface area contributed by atoms with Crippen LogP contribution in [0.25, 0.3) is 0 Å². The molecule has 18 nitrogen and oxygen atoms in total. The van der Waals surface area contributed by atoms with E-state index in [-0.39, 0.29) is 24.8 Å². The van der Waals surface area contributed by atoms with Crippen LogP contribution in [0.1, 0.15) is 118 Å². The second-order valence-electron chi connectivity index (χ2n) is 17.6. The van der Waals surface area contributed by atoms with E-state index in [2.05, 4.69) is 12.2 Å². The number of allylic oxidation sites excluding steroid dienone is 2. The highest BCUT2D eigenvalue weighted by molar-refractivity contribution is 5.69. The molecular formula is C42H72O18. The van der Waals surface area contributed by atoms with Crippen molar-refractivity contribution in [3.63, 3.8) is 0 Å². The highest BCUT2D eigenvalue weighted by Crippen LogP contribution is 2.44. The van der Waals surface area contributed by atoms with Crippen molar-refractivity contribution in [1.82, 2.24) is 0 Å². The molecule has 7 N–H and O–H groups in total. The SMILES string of the molecule is CC(CCCCCC/C=C\CCCCCCCC(=O)OC[C@H]1O[C@@H]2OC(C)(C)O[C@@H]2[C@H]2OC(C)(C)O[C@H]21)O[C@@H]1O[C@H](CO)[C@@H](O)[C@H](O)[C@H]1O[C@@H]1O[C@H](CO)[C@@H](O)[C@H](O)[C@H]1O. The molecule has 0 spiro atoms. The van der Waals surface area contributed by atoms with Gasteiger partial charge in [0.05, 0.1) is 19.3 Å². The van der Waals surface area contributed by atoms with Gasteiger partial charge in [-0.3, -0.25) is 4.79 Å². The van der Waals surface area contributed by atoms with Crippen LogP contribution in [0.4, 0.5) is 0 Å². The minimum Gasteiger partial charge on any atom is -0.463 e. The number of fused-ring (bicyclic) bond motifs is 3. The van der Waals surface area contributed by atoms with Gasteiger partial charge in [-0.1, -0.05) is 50.7 Å². The number of hydrogen-bond donors (Lipinski definition) is 7. The molecule has 0 bridgehead atoms. The summed E-state index contributed by atoms with van der Waals surface area (Å²) in [7, 11) is 0. The summed E-state index contributed by atoms with van der Waals surface area (Å²) >= 11 is 0. The molecule has 0 radical (unpaired) electrons. The summed E-state index contributed by atoms with van der Waals surface area (Å²) in [4.78, 5) is 12.5. The van der Waals surface area contributed by atoms with Gasteiger partial charge in [0.2, 0.25) is 0 Å². The lowest BCUT2D eigenvalue weighted by Gasteiger charge is -2.46. The lowest BCUT2D eigenvalue weighted by atomic mass is 9.97. The van der Waals surface area contributed by atoms with Gasteiger partial charge < -0.3 is 83.1 Å². The maximum Gasteiger partial charge on any atom is 0.305 e. The van der Waals surface area contributed by atoms with Gasteiger partial charge in [0.15, 0.2) is 30.4 Å². The first-order chi connectivity index (χ1) is 28.5. The second-order valence-corrected chi connectivity index (χ2v) is 17.6. The van der Waals surface area contributed by atoms with Gasteiger partial charge in [-0.25, -0.2) is 0 Å². The zero-order chi connectivity index (χ0) is 43.6. The zero-order valence-electron chi connectivity index (χ0n) is 35.8. The Hall–Kier alpha value is -1.43. The summed E-state index contributed by atoms with van der Waals surface area (Å²) in [5.41, 5.74) is 0. The molecule has 5 fully saturated rings. The van der Waals surface area contributed by atoms with Gasteiger partial charge >= 0.3 is 5.97 Å². The third-order valence-corrected chi connectivity index (χ3v) is 11.6. The van der Waals surface area contributed by atoms with Crippen LogP contribution in [0, 0.1) is 0 Å². The number of aliphatic hydroxyl groups is 7. The fourth-order valence-corrected chi connectivity index (χ4v) is 8.36. The van der Waals surface area contributed by atoms with E-state index < -0.39 is 111 Å². The Morgan fingerprint density at radius 2 is 1.17 bits per heavy atom. The third kappa shape index (κ3) is 13.5. The zero-order valence-corrected chi connectivity index (χ0v) is 35.8. The fourth-order valence-electron chi connectivity index (χ4n) is 8.36. The first-order valence-electron chi connectivity index (χ1n) is 22.0. The topological polar surface area (TPSA) is 251 Å². The molecule has 0 amide bonds. The fraction of sp³-hybridized carbons (Fsp3) is 0.929. The van der Waals surface area contributed by atoms with Gasteiger partial charge in [0.1, 0.15) is 79.9 Å². The van der Waals surface area contributed by atoms with Crippen molar-refractivity contribution in [1.29, 1.82) is 0 Å². The quantitative estimate of drug-likeness (QED) is 0.0438. The molecule has 0 aromatic rings. The van der Waals surface area contributed by atoms with E-state index in [1.807, 2.05) is 34.6 Å². The summed E-state index contributed by atoms with van der Waals surface area (Å²) in [6.45, 7) is 7.99. The molecular weight excluding hydrogens is 792 g/mol. The van der Waals surface area contributed by atoms with Crippen LogP contribution < -0.4 is 0 Å². The molecule has 0 aromatic heterocycles. The standard InChI is InChI=1S/C42H72O18/c1-24(52-39-35(32(49)30(47)26(22-44)54-39)56-38-33(50)31(48)29(46)25(21-43)53-38)19-17-15-13-11-9-7-6-8-10-12-14-16-18-20-28(45)51-23-27-34-36(58-41(2,3)57-34)37-40(55-27)60-42(4,5)59-37/h6-7,24-27,29-40,43-44,46-50H,8-23H2,1-5H3/b7-6-/t24?,25-,26-,27-,29-,30-,31+,32+,33-,34+,35-,36+,37-,38+,39-,40-/m1/s1. The Morgan fingerprint density at radius 3 is 1.83 bits per heavy atom. The molecule has 348 valence electrons. The van der Waals surface area contributed by atoms with E-state index in [4.69, 9.17) is 47.4 Å². The van der Waals surface area contributed by atoms with Crippen LogP contribution in [0.15, 0.2) is 12.2 Å². The van der Waals surface area contributed by atoms with Crippen molar-refractivity contribution in [3.8, 4) is 0 Å². The second kappa shape index (κ2) is 23.0. The smallest absolute Gasteiger partial charge is 0.305 e. The summed E-state index contributed by atoms with van der Waals surface area (Å²) in [6, 6.07) is 0. The van der Waals surface area contributed by atoms with Gasteiger partial charge in [0, 0.05) is 6.42 Å². The Kier molecular flexibility index (Phi) is 19.0. The maximum atomic E-state index is 12.5. The normalized spacial score (nSPS) is 39.1. The first kappa shape index (κ1) is 49.6. The summed E-state index contributed by atoms with van der Waals surface area (Å²) in [5, 5.41) is 71.2. The van der Waals surface area contributed by atoms with E-state index in [9.17, 15) is 40.5 Å². The lowest BCUT2D eigenvalue weighted by Crippen LogP contribution is -2.64. The highest BCUT2D eigenvalue weighted by atomic mass is 16.9. The number of carbonyl (C=O) groups is 1. The number of rotatable bonds is 23.